The van der Waals surface area contributed by atoms with Crippen LogP contribution >= 0.6 is 23.2 Å². The third-order valence-corrected chi connectivity index (χ3v) is 9.19. The minimum absolute atomic E-state index is 0.00618. The van der Waals surface area contributed by atoms with Gasteiger partial charge in [0.15, 0.2) is 0 Å². The molecule has 0 aliphatic heterocycles. The van der Waals surface area contributed by atoms with Gasteiger partial charge in [-0.25, -0.2) is 8.42 Å². The topological polar surface area (TPSA) is 96.0 Å². The molecule has 1 N–H and O–H groups in total. The molecule has 1 unspecified atom stereocenters. The predicted octanol–water partition coefficient (Wildman–Crippen LogP) is 6.23. The number of methoxy groups -OCH3 is 1. The first kappa shape index (κ1) is 33.2. The summed E-state index contributed by atoms with van der Waals surface area (Å²) in [5, 5.41) is 3.68. The van der Waals surface area contributed by atoms with Gasteiger partial charge >= 0.3 is 0 Å². The molecule has 3 rings (SSSR count). The van der Waals surface area contributed by atoms with E-state index in [1.807, 2.05) is 13.8 Å². The molecule has 8 nitrogen and oxygen atoms in total. The summed E-state index contributed by atoms with van der Waals surface area (Å²) in [6, 6.07) is 16.9. The summed E-state index contributed by atoms with van der Waals surface area (Å²) in [5.41, 5.74) is 1.82. The summed E-state index contributed by atoms with van der Waals surface area (Å²) in [5.74, 6) is -0.377. The standard InChI is InChI=1S/C31H37Cl2N3O5S/c1-5-7-18-34-31(38)29(6-2)35(20-23-10-11-24(32)19-28(23)33)30(37)21-36(25-12-8-22(3)9-13-25)42(39,40)27-16-14-26(41-4)15-17-27/h8-17,19,29H,5-7,18,20-21H2,1-4H3,(H,34,38). The smallest absolute Gasteiger partial charge is 0.264 e. The van der Waals surface area contributed by atoms with Gasteiger partial charge < -0.3 is 15.0 Å². The number of aryl methyl sites for hydroxylation is 1. The Morgan fingerprint density at radius 3 is 2.21 bits per heavy atom. The Bertz CT molecular complexity index is 1460. The van der Waals surface area contributed by atoms with Gasteiger partial charge in [0.05, 0.1) is 17.7 Å². The zero-order valence-electron chi connectivity index (χ0n) is 24.3. The number of carbonyl (C=O) groups is 2. The highest BCUT2D eigenvalue weighted by Crippen LogP contribution is 2.28. The van der Waals surface area contributed by atoms with Crippen LogP contribution in [0.25, 0.3) is 0 Å². The van der Waals surface area contributed by atoms with Crippen molar-refractivity contribution in [2.24, 2.45) is 0 Å². The summed E-state index contributed by atoms with van der Waals surface area (Å²) in [6.07, 6.45) is 2.00. The van der Waals surface area contributed by atoms with Gasteiger partial charge in [-0.3, -0.25) is 13.9 Å². The Hall–Kier alpha value is -3.27. The average molecular weight is 635 g/mol. The van der Waals surface area contributed by atoms with Gasteiger partial charge in [-0.15, -0.1) is 0 Å². The molecule has 1 atom stereocenters. The number of halogens is 2. The van der Waals surface area contributed by atoms with E-state index in [2.05, 4.69) is 5.32 Å². The Labute approximate surface area is 258 Å². The molecule has 3 aromatic rings. The normalized spacial score (nSPS) is 12.0. The summed E-state index contributed by atoms with van der Waals surface area (Å²) in [6.45, 7) is 5.62. The lowest BCUT2D eigenvalue weighted by atomic mass is 10.1. The second kappa shape index (κ2) is 15.3. The van der Waals surface area contributed by atoms with Gasteiger partial charge in [0.1, 0.15) is 18.3 Å². The van der Waals surface area contributed by atoms with Crippen molar-refractivity contribution in [3.63, 3.8) is 0 Å². The molecule has 0 saturated carbocycles. The number of nitrogens with one attached hydrogen (secondary N) is 1. The van der Waals surface area contributed by atoms with Crippen LogP contribution in [0.2, 0.25) is 10.0 Å². The van der Waals surface area contributed by atoms with Crippen molar-refractivity contribution < 1.29 is 22.7 Å². The molecule has 11 heteroatoms. The van der Waals surface area contributed by atoms with Crippen LogP contribution in [0.1, 0.15) is 44.2 Å². The van der Waals surface area contributed by atoms with Crippen LogP contribution in [-0.2, 0) is 26.2 Å². The molecule has 0 aliphatic rings. The number of nitrogens with zero attached hydrogens (tertiary/aromatic N) is 2. The van der Waals surface area contributed by atoms with Crippen LogP contribution in [-0.4, -0.2) is 51.4 Å². The molecule has 0 radical (unpaired) electrons. The fraction of sp³-hybridized carbons (Fsp3) is 0.355. The largest absolute Gasteiger partial charge is 0.497 e. The van der Waals surface area contributed by atoms with Crippen molar-refractivity contribution in [1.82, 2.24) is 10.2 Å². The Morgan fingerprint density at radius 2 is 1.64 bits per heavy atom. The fourth-order valence-electron chi connectivity index (χ4n) is 4.37. The molecule has 2 amide bonds. The molecule has 0 aliphatic carbocycles. The third-order valence-electron chi connectivity index (χ3n) is 6.82. The highest BCUT2D eigenvalue weighted by Gasteiger charge is 2.34. The van der Waals surface area contributed by atoms with E-state index in [4.69, 9.17) is 27.9 Å². The molecule has 0 aromatic heterocycles. The Morgan fingerprint density at radius 1 is 0.976 bits per heavy atom. The maximum absolute atomic E-state index is 14.1. The lowest BCUT2D eigenvalue weighted by molar-refractivity contribution is -0.140. The molecule has 3 aromatic carbocycles. The van der Waals surface area contributed by atoms with E-state index in [1.54, 1.807) is 61.5 Å². The van der Waals surface area contributed by atoms with Gasteiger partial charge in [-0.05, 0) is 73.9 Å². The van der Waals surface area contributed by atoms with Crippen molar-refractivity contribution in [2.75, 3.05) is 24.5 Å². The number of sulfonamides is 1. The van der Waals surface area contributed by atoms with Crippen LogP contribution in [0.5, 0.6) is 5.75 Å². The maximum atomic E-state index is 14.1. The average Bonchev–Trinajstić information content (AvgIpc) is 2.97. The van der Waals surface area contributed by atoms with Crippen molar-refractivity contribution in [3.8, 4) is 5.75 Å². The molecule has 0 heterocycles. The summed E-state index contributed by atoms with van der Waals surface area (Å²) < 4.78 is 34.2. The highest BCUT2D eigenvalue weighted by molar-refractivity contribution is 7.92. The lowest BCUT2D eigenvalue weighted by Crippen LogP contribution is -2.52. The monoisotopic (exact) mass is 633 g/mol. The number of benzene rings is 3. The predicted molar refractivity (Wildman–Crippen MR) is 168 cm³/mol. The van der Waals surface area contributed by atoms with E-state index in [0.29, 0.717) is 40.0 Å². The highest BCUT2D eigenvalue weighted by atomic mass is 35.5. The van der Waals surface area contributed by atoms with Crippen molar-refractivity contribution >= 4 is 50.7 Å². The number of carbonyl (C=O) groups excluding carboxylic acids is 2. The number of unbranched alkanes of at least 4 members (excludes halogenated alkanes) is 1. The first-order valence-corrected chi connectivity index (χ1v) is 16.0. The Balaban J connectivity index is 2.05. The van der Waals surface area contributed by atoms with E-state index in [-0.39, 0.29) is 17.3 Å². The van der Waals surface area contributed by atoms with Gasteiger partial charge in [0.2, 0.25) is 11.8 Å². The van der Waals surface area contributed by atoms with E-state index in [9.17, 15) is 18.0 Å². The van der Waals surface area contributed by atoms with Gasteiger partial charge in [0.25, 0.3) is 10.0 Å². The summed E-state index contributed by atoms with van der Waals surface area (Å²) >= 11 is 12.6. The number of anilines is 1. The summed E-state index contributed by atoms with van der Waals surface area (Å²) in [4.78, 5) is 28.8. The molecular formula is C31H37Cl2N3O5S. The van der Waals surface area contributed by atoms with E-state index >= 15 is 0 Å². The van der Waals surface area contributed by atoms with Crippen LogP contribution in [0, 0.1) is 6.92 Å². The zero-order valence-corrected chi connectivity index (χ0v) is 26.6. The third kappa shape index (κ3) is 8.40. The van der Waals surface area contributed by atoms with Crippen LogP contribution < -0.4 is 14.4 Å². The maximum Gasteiger partial charge on any atom is 0.264 e. The quantitative estimate of drug-likeness (QED) is 0.212. The van der Waals surface area contributed by atoms with E-state index < -0.39 is 28.5 Å². The molecule has 0 bridgehead atoms. The zero-order chi connectivity index (χ0) is 30.9. The number of rotatable bonds is 14. The number of amides is 2. The van der Waals surface area contributed by atoms with Gasteiger partial charge in [0, 0.05) is 23.1 Å². The van der Waals surface area contributed by atoms with Crippen molar-refractivity contribution in [2.45, 2.75) is 57.5 Å². The molecule has 226 valence electrons. The molecule has 0 spiro atoms. The SMILES string of the molecule is CCCCNC(=O)C(CC)N(Cc1ccc(Cl)cc1Cl)C(=O)CN(c1ccc(C)cc1)S(=O)(=O)c1ccc(OC)cc1. The second-order valence-electron chi connectivity index (χ2n) is 9.85. The van der Waals surface area contributed by atoms with Crippen molar-refractivity contribution in [1.29, 1.82) is 0 Å². The molecule has 0 fully saturated rings. The minimum atomic E-state index is -4.19. The van der Waals surface area contributed by atoms with E-state index in [1.165, 1.54) is 24.1 Å². The second-order valence-corrected chi connectivity index (χ2v) is 12.6. The lowest BCUT2D eigenvalue weighted by Gasteiger charge is -2.33. The first-order chi connectivity index (χ1) is 20.0. The number of hydrogen-bond donors (Lipinski definition) is 1. The summed E-state index contributed by atoms with van der Waals surface area (Å²) in [7, 11) is -2.70. The van der Waals surface area contributed by atoms with Crippen LogP contribution in [0.15, 0.2) is 71.6 Å². The van der Waals surface area contributed by atoms with Crippen LogP contribution in [0.4, 0.5) is 5.69 Å². The van der Waals surface area contributed by atoms with Gasteiger partial charge in [-0.2, -0.15) is 0 Å². The Kier molecular flexibility index (Phi) is 12.1. The van der Waals surface area contributed by atoms with E-state index in [0.717, 1.165) is 22.7 Å². The number of hydrogen-bond acceptors (Lipinski definition) is 5. The van der Waals surface area contributed by atoms with Gasteiger partial charge in [-0.1, -0.05) is 67.2 Å². The fourth-order valence-corrected chi connectivity index (χ4v) is 6.26. The van der Waals surface area contributed by atoms with Crippen LogP contribution in [0.3, 0.4) is 0 Å². The molecule has 42 heavy (non-hydrogen) atoms. The number of ether oxygens (including phenoxy) is 1. The molecule has 0 saturated heterocycles. The minimum Gasteiger partial charge on any atom is -0.497 e. The molecular weight excluding hydrogens is 597 g/mol. The first-order valence-electron chi connectivity index (χ1n) is 13.8. The van der Waals surface area contributed by atoms with Crippen molar-refractivity contribution in [3.05, 3.63) is 87.9 Å².